The van der Waals surface area contributed by atoms with Gasteiger partial charge in [-0.15, -0.1) is 0 Å². The Labute approximate surface area is 269 Å². The van der Waals surface area contributed by atoms with Crippen molar-refractivity contribution in [3.05, 3.63) is 133 Å². The number of carbonyl (C=O) groups excluding carboxylic acids is 2. The number of non-ortho nitro benzene ring substituents is 1. The maximum atomic E-state index is 13.6. The van der Waals surface area contributed by atoms with Gasteiger partial charge >= 0.3 is 5.97 Å². The molecule has 0 saturated heterocycles. The number of halogens is 1. The number of esters is 1. The lowest BCUT2D eigenvalue weighted by Crippen LogP contribution is -2.15. The quantitative estimate of drug-likeness (QED) is 0.0938. The lowest BCUT2D eigenvalue weighted by Gasteiger charge is -2.17. The molecule has 5 aromatic rings. The number of benzene rings is 4. The lowest BCUT2D eigenvalue weighted by atomic mass is 10.0. The van der Waals surface area contributed by atoms with E-state index < -0.39 is 10.9 Å². The largest absolute Gasteiger partial charge is 0.497 e. The highest BCUT2D eigenvalue weighted by Crippen LogP contribution is 2.32. The second kappa shape index (κ2) is 13.8. The molecule has 1 aromatic heterocycles. The molecule has 46 heavy (non-hydrogen) atoms. The zero-order valence-electron chi connectivity index (χ0n) is 25.4. The molecule has 0 atom stereocenters. The van der Waals surface area contributed by atoms with Gasteiger partial charge < -0.3 is 19.3 Å². The van der Waals surface area contributed by atoms with Crippen molar-refractivity contribution in [2.24, 2.45) is 0 Å². The summed E-state index contributed by atoms with van der Waals surface area (Å²) in [6.07, 6.45) is -0.117. The molecule has 4 aromatic carbocycles. The zero-order chi connectivity index (χ0) is 33.0. The number of aliphatic hydroxyl groups is 1. The van der Waals surface area contributed by atoms with Crippen molar-refractivity contribution < 1.29 is 33.8 Å². The topological polar surface area (TPSA) is 130 Å². The van der Waals surface area contributed by atoms with Crippen molar-refractivity contribution >= 4 is 40.1 Å². The predicted octanol–water partition coefficient (Wildman–Crippen LogP) is 6.87. The predicted molar refractivity (Wildman–Crippen MR) is 172 cm³/mol. The van der Waals surface area contributed by atoms with Crippen LogP contribution in [0.5, 0.6) is 11.5 Å². The fraction of sp³-hybridized carbons (Fsp3) is 0.200. The van der Waals surface area contributed by atoms with Crippen LogP contribution in [-0.2, 0) is 35.8 Å². The molecule has 0 amide bonds. The normalized spacial score (nSPS) is 11.0. The summed E-state index contributed by atoms with van der Waals surface area (Å²) < 4.78 is 18.8. The van der Waals surface area contributed by atoms with Crippen LogP contribution >= 0.6 is 11.6 Å². The van der Waals surface area contributed by atoms with Crippen LogP contribution in [0.2, 0.25) is 5.02 Å². The number of nitro groups is 1. The standard InChI is InChI=1S/C35H31ClN2O8/c1-21-14-25(18-39)34(46-19-23-4-10-28(11-5-23)38(42)43)26(15-21)20-45-33(40)17-30-22(2)37(32-13-12-29(44-3)16-31(30)32)35(41)24-6-8-27(36)9-7-24/h4-16,39H,17-20H2,1-3H3. The molecule has 0 aliphatic heterocycles. The Hall–Kier alpha value is -5.19. The number of carbonyl (C=O) groups is 2. The highest BCUT2D eigenvalue weighted by Gasteiger charge is 2.23. The first-order valence-electron chi connectivity index (χ1n) is 14.3. The van der Waals surface area contributed by atoms with Gasteiger partial charge in [-0.1, -0.05) is 23.2 Å². The van der Waals surface area contributed by atoms with Crippen LogP contribution in [0.1, 0.15) is 43.9 Å². The summed E-state index contributed by atoms with van der Waals surface area (Å²) in [5, 5.41) is 22.2. The van der Waals surface area contributed by atoms with Crippen LogP contribution in [0.3, 0.4) is 0 Å². The van der Waals surface area contributed by atoms with E-state index in [0.717, 1.165) is 5.56 Å². The maximum Gasteiger partial charge on any atom is 0.310 e. The first kappa shape index (κ1) is 32.2. The third-order valence-electron chi connectivity index (χ3n) is 7.63. The number of nitro benzene ring substituents is 1. The van der Waals surface area contributed by atoms with Gasteiger partial charge in [-0.3, -0.25) is 24.3 Å². The van der Waals surface area contributed by atoms with E-state index in [1.165, 1.54) is 12.1 Å². The van der Waals surface area contributed by atoms with E-state index in [4.69, 9.17) is 25.8 Å². The summed E-state index contributed by atoms with van der Waals surface area (Å²) in [5.74, 6) is 0.141. The molecular formula is C35H31ClN2O8. The minimum Gasteiger partial charge on any atom is -0.497 e. The molecule has 0 aliphatic carbocycles. The molecule has 0 radical (unpaired) electrons. The van der Waals surface area contributed by atoms with Gasteiger partial charge in [0, 0.05) is 44.9 Å². The fourth-order valence-corrected chi connectivity index (χ4v) is 5.48. The minimum atomic E-state index is -0.530. The Morgan fingerprint density at radius 3 is 2.28 bits per heavy atom. The van der Waals surface area contributed by atoms with Crippen LogP contribution in [0.4, 0.5) is 5.69 Å². The van der Waals surface area contributed by atoms with Crippen molar-refractivity contribution in [1.82, 2.24) is 4.57 Å². The second-order valence-electron chi connectivity index (χ2n) is 10.7. The van der Waals surface area contributed by atoms with Crippen molar-refractivity contribution in [3.8, 4) is 11.5 Å². The highest BCUT2D eigenvalue weighted by molar-refractivity contribution is 6.30. The summed E-state index contributed by atoms with van der Waals surface area (Å²) in [6.45, 7) is 3.28. The van der Waals surface area contributed by atoms with Crippen LogP contribution in [0.15, 0.2) is 78.9 Å². The molecule has 11 heteroatoms. The number of fused-ring (bicyclic) bond motifs is 1. The highest BCUT2D eigenvalue weighted by atomic mass is 35.5. The monoisotopic (exact) mass is 642 g/mol. The van der Waals surface area contributed by atoms with Gasteiger partial charge in [0.05, 0.1) is 30.6 Å². The number of aliphatic hydroxyl groups excluding tert-OH is 1. The molecule has 1 N–H and O–H groups in total. The van der Waals surface area contributed by atoms with Crippen molar-refractivity contribution in [2.75, 3.05) is 7.11 Å². The van der Waals surface area contributed by atoms with Gasteiger partial charge in [0.2, 0.25) is 0 Å². The molecule has 0 unspecified atom stereocenters. The molecule has 0 saturated carbocycles. The fourth-order valence-electron chi connectivity index (χ4n) is 5.36. The van der Waals surface area contributed by atoms with Gasteiger partial charge in [-0.05, 0) is 85.6 Å². The van der Waals surface area contributed by atoms with Gasteiger partial charge in [0.15, 0.2) is 0 Å². The SMILES string of the molecule is COc1ccc2c(c1)c(CC(=O)OCc1cc(C)cc(CO)c1OCc1ccc([N+](=O)[O-])cc1)c(C)n2C(=O)c1ccc(Cl)cc1. The summed E-state index contributed by atoms with van der Waals surface area (Å²) in [6, 6.07) is 21.5. The number of methoxy groups -OCH3 is 1. The zero-order valence-corrected chi connectivity index (χ0v) is 26.2. The molecule has 0 aliphatic rings. The maximum absolute atomic E-state index is 13.6. The number of aromatic nitrogens is 1. The average molecular weight is 643 g/mol. The summed E-state index contributed by atoms with van der Waals surface area (Å²) in [4.78, 5) is 37.4. The Balaban J connectivity index is 1.39. The van der Waals surface area contributed by atoms with Crippen LogP contribution in [0.25, 0.3) is 10.9 Å². The Bertz CT molecular complexity index is 1930. The summed E-state index contributed by atoms with van der Waals surface area (Å²) in [7, 11) is 1.54. The Morgan fingerprint density at radius 1 is 0.935 bits per heavy atom. The molecule has 0 spiro atoms. The van der Waals surface area contributed by atoms with Gasteiger partial charge in [-0.25, -0.2) is 0 Å². The van der Waals surface area contributed by atoms with Gasteiger partial charge in [0.1, 0.15) is 24.7 Å². The first-order chi connectivity index (χ1) is 22.1. The number of hydrogen-bond acceptors (Lipinski definition) is 8. The van der Waals surface area contributed by atoms with Crippen LogP contribution in [-0.4, -0.2) is 33.6 Å². The average Bonchev–Trinajstić information content (AvgIpc) is 3.32. The van der Waals surface area contributed by atoms with E-state index in [2.05, 4.69) is 0 Å². The second-order valence-corrected chi connectivity index (χ2v) is 11.2. The van der Waals surface area contributed by atoms with Crippen molar-refractivity contribution in [3.63, 3.8) is 0 Å². The Kier molecular flexibility index (Phi) is 9.69. The van der Waals surface area contributed by atoms with E-state index >= 15 is 0 Å². The van der Waals surface area contributed by atoms with Gasteiger partial charge in [0.25, 0.3) is 11.6 Å². The molecular weight excluding hydrogens is 612 g/mol. The van der Waals surface area contributed by atoms with Crippen LogP contribution < -0.4 is 9.47 Å². The smallest absolute Gasteiger partial charge is 0.310 e. The van der Waals surface area contributed by atoms with E-state index in [-0.39, 0.29) is 37.8 Å². The molecule has 1 heterocycles. The summed E-state index contributed by atoms with van der Waals surface area (Å²) in [5.41, 5.74) is 4.83. The van der Waals surface area contributed by atoms with E-state index in [1.807, 2.05) is 13.0 Å². The van der Waals surface area contributed by atoms with E-state index in [9.17, 15) is 24.8 Å². The molecule has 5 rings (SSSR count). The number of hydrogen-bond donors (Lipinski definition) is 1. The van der Waals surface area contributed by atoms with E-state index in [0.29, 0.717) is 60.9 Å². The minimum absolute atomic E-state index is 0.0334. The third-order valence-corrected chi connectivity index (χ3v) is 7.89. The summed E-state index contributed by atoms with van der Waals surface area (Å²) >= 11 is 6.03. The number of aryl methyl sites for hydroxylation is 1. The Morgan fingerprint density at radius 2 is 1.63 bits per heavy atom. The number of rotatable bonds is 11. The molecule has 236 valence electrons. The van der Waals surface area contributed by atoms with Gasteiger partial charge in [-0.2, -0.15) is 0 Å². The van der Waals surface area contributed by atoms with Crippen molar-refractivity contribution in [2.45, 2.75) is 40.1 Å². The van der Waals surface area contributed by atoms with Crippen LogP contribution in [0, 0.1) is 24.0 Å². The third kappa shape index (κ3) is 6.88. The first-order valence-corrected chi connectivity index (χ1v) is 14.7. The molecule has 0 fully saturated rings. The van der Waals surface area contributed by atoms with Crippen molar-refractivity contribution in [1.29, 1.82) is 0 Å². The molecule has 0 bridgehead atoms. The lowest BCUT2D eigenvalue weighted by molar-refractivity contribution is -0.384. The molecule has 10 nitrogen and oxygen atoms in total. The number of nitrogens with zero attached hydrogens (tertiary/aromatic N) is 2. The van der Waals surface area contributed by atoms with E-state index in [1.54, 1.807) is 79.3 Å². The number of ether oxygens (including phenoxy) is 3.